The number of nitrogens with one attached hydrogen (secondary N) is 2. The van der Waals surface area contributed by atoms with Gasteiger partial charge in [0.15, 0.2) is 5.43 Å². The van der Waals surface area contributed by atoms with Crippen LogP contribution in [0.3, 0.4) is 0 Å². The van der Waals surface area contributed by atoms with Crippen LogP contribution in [0.5, 0.6) is 5.75 Å². The molecule has 2 amide bonds. The molecule has 2 aliphatic carbocycles. The van der Waals surface area contributed by atoms with Gasteiger partial charge in [0.1, 0.15) is 23.7 Å². The van der Waals surface area contributed by atoms with Gasteiger partial charge in [0.05, 0.1) is 11.7 Å². The minimum Gasteiger partial charge on any atom is -0.508 e. The Morgan fingerprint density at radius 2 is 1.70 bits per heavy atom. The molecule has 222 valence electrons. The average molecular weight is 585 g/mol. The van der Waals surface area contributed by atoms with Crippen LogP contribution < -0.4 is 16.1 Å². The number of phenolic OH excluding ortho intramolecular Hbond substituents is 1. The monoisotopic (exact) mass is 584 g/mol. The number of aromatic carboxylic acids is 1. The van der Waals surface area contributed by atoms with Crippen molar-refractivity contribution in [3.05, 3.63) is 88.1 Å². The van der Waals surface area contributed by atoms with E-state index < -0.39 is 11.9 Å². The zero-order valence-electron chi connectivity index (χ0n) is 23.4. The molecule has 10 nitrogen and oxygen atoms in total. The Balaban J connectivity index is 1.28. The van der Waals surface area contributed by atoms with E-state index in [1.807, 2.05) is 0 Å². The summed E-state index contributed by atoms with van der Waals surface area (Å²) in [6.45, 7) is 0.280. The van der Waals surface area contributed by atoms with Gasteiger partial charge < -0.3 is 30.0 Å². The van der Waals surface area contributed by atoms with E-state index in [9.17, 15) is 29.4 Å². The second-order valence-corrected chi connectivity index (χ2v) is 10.4. The molecule has 43 heavy (non-hydrogen) atoms. The van der Waals surface area contributed by atoms with Crippen LogP contribution in [-0.2, 0) is 9.53 Å². The summed E-state index contributed by atoms with van der Waals surface area (Å²) < 4.78 is 11.6. The highest BCUT2D eigenvalue weighted by Crippen LogP contribution is 2.42. The maximum atomic E-state index is 12.9. The summed E-state index contributed by atoms with van der Waals surface area (Å²) in [5.41, 5.74) is 1.28. The van der Waals surface area contributed by atoms with Crippen molar-refractivity contribution >= 4 is 28.8 Å². The number of carboxylic acid groups (broad SMARTS) is 1. The Labute approximate surface area is 247 Å². The van der Waals surface area contributed by atoms with E-state index in [4.69, 9.17) is 9.15 Å². The van der Waals surface area contributed by atoms with Crippen molar-refractivity contribution in [1.29, 1.82) is 0 Å². The third kappa shape index (κ3) is 7.10. The Morgan fingerprint density at radius 1 is 0.907 bits per heavy atom. The number of aromatic hydroxyl groups is 1. The SMILES string of the molecule is O=C(COC1CC/C=C\CCC1)NCCNC(=O)c1ccc(-c2c3ccc(=O)cc-3oc3cc(O)ccc23)c(C(=O)O)c1. The van der Waals surface area contributed by atoms with Gasteiger partial charge in [0, 0.05) is 47.3 Å². The summed E-state index contributed by atoms with van der Waals surface area (Å²) in [5, 5.41) is 26.0. The fourth-order valence-corrected chi connectivity index (χ4v) is 5.25. The molecule has 2 aromatic rings. The maximum Gasteiger partial charge on any atom is 0.336 e. The van der Waals surface area contributed by atoms with E-state index in [0.29, 0.717) is 22.1 Å². The minimum absolute atomic E-state index is 0.0440. The Bertz CT molecular complexity index is 1720. The molecule has 4 N–H and O–H groups in total. The second kappa shape index (κ2) is 13.3. The Hall–Kier alpha value is -4.96. The zero-order valence-corrected chi connectivity index (χ0v) is 23.4. The molecule has 10 heteroatoms. The number of amides is 2. The summed E-state index contributed by atoms with van der Waals surface area (Å²) in [6.07, 6.45) is 9.16. The lowest BCUT2D eigenvalue weighted by Gasteiger charge is -2.18. The third-order valence-corrected chi connectivity index (χ3v) is 7.36. The summed E-state index contributed by atoms with van der Waals surface area (Å²) in [6, 6.07) is 13.0. The first-order valence-corrected chi connectivity index (χ1v) is 14.2. The molecule has 1 aliphatic heterocycles. The first-order valence-electron chi connectivity index (χ1n) is 14.2. The normalized spacial score (nSPS) is 15.9. The molecule has 0 saturated heterocycles. The van der Waals surface area contributed by atoms with Crippen molar-refractivity contribution in [2.24, 2.45) is 0 Å². The van der Waals surface area contributed by atoms with Crippen LogP contribution in [0.4, 0.5) is 0 Å². The predicted molar refractivity (Wildman–Crippen MR) is 160 cm³/mol. The van der Waals surface area contributed by atoms with E-state index in [0.717, 1.165) is 32.1 Å². The highest BCUT2D eigenvalue weighted by molar-refractivity contribution is 6.09. The van der Waals surface area contributed by atoms with Gasteiger partial charge in [-0.3, -0.25) is 14.4 Å². The molecule has 1 unspecified atom stereocenters. The average Bonchev–Trinajstić information content (AvgIpc) is 2.97. The van der Waals surface area contributed by atoms with Gasteiger partial charge in [-0.25, -0.2) is 4.79 Å². The Kier molecular flexibility index (Phi) is 9.17. The number of hydrogen-bond acceptors (Lipinski definition) is 7. The number of rotatable bonds is 9. The van der Waals surface area contributed by atoms with Crippen LogP contribution in [-0.4, -0.2) is 53.8 Å². The zero-order chi connectivity index (χ0) is 30.3. The molecule has 0 fully saturated rings. The molecular formula is C33H32N2O8. The predicted octanol–water partition coefficient (Wildman–Crippen LogP) is 4.72. The van der Waals surface area contributed by atoms with Crippen molar-refractivity contribution in [3.8, 4) is 28.2 Å². The largest absolute Gasteiger partial charge is 0.508 e. The molecule has 0 aromatic heterocycles. The van der Waals surface area contributed by atoms with Crippen molar-refractivity contribution < 1.29 is 33.8 Å². The molecule has 0 bridgehead atoms. The van der Waals surface area contributed by atoms with Crippen molar-refractivity contribution in [1.82, 2.24) is 10.6 Å². The van der Waals surface area contributed by atoms with Crippen LogP contribution in [0.2, 0.25) is 0 Å². The molecule has 5 rings (SSSR count). The van der Waals surface area contributed by atoms with E-state index >= 15 is 0 Å². The summed E-state index contributed by atoms with van der Waals surface area (Å²) in [5.74, 6) is -1.84. The lowest BCUT2D eigenvalue weighted by atomic mass is 9.90. The van der Waals surface area contributed by atoms with Crippen molar-refractivity contribution in [2.45, 2.75) is 38.2 Å². The fourth-order valence-electron chi connectivity index (χ4n) is 5.25. The quantitative estimate of drug-likeness (QED) is 0.125. The Morgan fingerprint density at radius 3 is 2.53 bits per heavy atom. The third-order valence-electron chi connectivity index (χ3n) is 7.36. The minimum atomic E-state index is -1.25. The van der Waals surface area contributed by atoms with Gasteiger partial charge in [-0.2, -0.15) is 0 Å². The van der Waals surface area contributed by atoms with Crippen LogP contribution >= 0.6 is 0 Å². The highest BCUT2D eigenvalue weighted by Gasteiger charge is 2.23. The van der Waals surface area contributed by atoms with E-state index in [1.165, 1.54) is 42.5 Å². The van der Waals surface area contributed by atoms with Crippen LogP contribution in [0, 0.1) is 0 Å². The van der Waals surface area contributed by atoms with Gasteiger partial charge in [0.25, 0.3) is 5.91 Å². The summed E-state index contributed by atoms with van der Waals surface area (Å²) in [4.78, 5) is 49.5. The molecule has 0 saturated carbocycles. The van der Waals surface area contributed by atoms with Gasteiger partial charge in [-0.05, 0) is 74.1 Å². The fraction of sp³-hybridized carbons (Fsp3) is 0.273. The number of allylic oxidation sites excluding steroid dienone is 2. The first kappa shape index (κ1) is 29.5. The van der Waals surface area contributed by atoms with Gasteiger partial charge in [0.2, 0.25) is 5.91 Å². The molecule has 1 atom stereocenters. The lowest BCUT2D eigenvalue weighted by Crippen LogP contribution is -2.37. The van der Waals surface area contributed by atoms with Crippen LogP contribution in [0.15, 0.2) is 76.0 Å². The first-order chi connectivity index (χ1) is 20.8. The topological polar surface area (TPSA) is 155 Å². The number of carbonyl (C=O) groups excluding carboxylic acids is 2. The standard InChI is InChI=1S/C33H32N2O8/c36-21-9-12-25-28(17-21)43-29-18-22(37)10-13-26(29)31(25)24-11-8-20(16-27(24)33(40)41)32(39)35-15-14-34-30(38)19-42-23-6-4-2-1-3-5-7-23/h1-2,8-13,16-18,23,36H,3-7,14-15,19H2,(H,34,38)(H,35,39)(H,40,41)/b2-1-. The number of phenols is 1. The molecule has 2 aromatic carbocycles. The molecular weight excluding hydrogens is 552 g/mol. The number of benzene rings is 3. The number of hydrogen-bond donors (Lipinski definition) is 4. The van der Waals surface area contributed by atoms with E-state index in [1.54, 1.807) is 12.1 Å². The summed E-state index contributed by atoms with van der Waals surface area (Å²) >= 11 is 0. The van der Waals surface area contributed by atoms with Gasteiger partial charge in [-0.15, -0.1) is 0 Å². The lowest BCUT2D eigenvalue weighted by molar-refractivity contribution is -0.128. The van der Waals surface area contributed by atoms with Gasteiger partial charge in [-0.1, -0.05) is 18.2 Å². The molecule has 3 aliphatic rings. The second-order valence-electron chi connectivity index (χ2n) is 10.4. The van der Waals surface area contributed by atoms with E-state index in [-0.39, 0.29) is 65.4 Å². The molecule has 1 heterocycles. The van der Waals surface area contributed by atoms with Crippen molar-refractivity contribution in [2.75, 3.05) is 19.7 Å². The number of carbonyl (C=O) groups is 3. The van der Waals surface area contributed by atoms with E-state index in [2.05, 4.69) is 22.8 Å². The number of fused-ring (bicyclic) bond motifs is 2. The van der Waals surface area contributed by atoms with Crippen molar-refractivity contribution in [3.63, 3.8) is 0 Å². The smallest absolute Gasteiger partial charge is 0.336 e. The van der Waals surface area contributed by atoms with Gasteiger partial charge >= 0.3 is 5.97 Å². The van der Waals surface area contributed by atoms with Crippen LogP contribution in [0.25, 0.3) is 33.4 Å². The molecule has 0 radical (unpaired) electrons. The molecule has 0 spiro atoms. The van der Waals surface area contributed by atoms with Crippen LogP contribution in [0.1, 0.15) is 52.8 Å². The maximum absolute atomic E-state index is 12.9. The number of carboxylic acids is 1. The summed E-state index contributed by atoms with van der Waals surface area (Å²) in [7, 11) is 0. The highest BCUT2D eigenvalue weighted by atomic mass is 16.5. The number of ether oxygens (including phenoxy) is 1.